The van der Waals surface area contributed by atoms with Crippen LogP contribution in [0.15, 0.2) is 36.1 Å². The second-order valence-electron chi connectivity index (χ2n) is 3.38. The molecule has 1 rings (SSSR count). The van der Waals surface area contributed by atoms with Gasteiger partial charge in [0.05, 0.1) is 13.2 Å². The number of hydrogen-bond acceptors (Lipinski definition) is 2. The van der Waals surface area contributed by atoms with Gasteiger partial charge >= 0.3 is 0 Å². The van der Waals surface area contributed by atoms with Crippen molar-refractivity contribution >= 4 is 11.6 Å². The first kappa shape index (κ1) is 12.3. The van der Waals surface area contributed by atoms with E-state index in [1.54, 1.807) is 0 Å². The van der Waals surface area contributed by atoms with Crippen LogP contribution >= 0.6 is 11.6 Å². The van der Waals surface area contributed by atoms with E-state index in [1.165, 1.54) is 0 Å². The molecule has 0 radical (unpaired) electrons. The molecular formula is C12H17ClO2. The average Bonchev–Trinajstić information content (AvgIpc) is 2.26. The molecule has 0 spiro atoms. The second kappa shape index (κ2) is 7.55. The molecule has 3 heteroatoms. The van der Waals surface area contributed by atoms with Crippen molar-refractivity contribution in [3.05, 3.63) is 36.1 Å². The fraction of sp³-hybridized carbons (Fsp3) is 0.500. The molecule has 0 saturated carbocycles. The van der Waals surface area contributed by atoms with Gasteiger partial charge in [-0.15, -0.1) is 0 Å². The van der Waals surface area contributed by atoms with E-state index in [-0.39, 0.29) is 6.07 Å². The minimum absolute atomic E-state index is 0.225. The Bertz CT molecular complexity index is 256. The van der Waals surface area contributed by atoms with Crippen molar-refractivity contribution < 1.29 is 9.47 Å². The first-order valence-electron chi connectivity index (χ1n) is 5.15. The van der Waals surface area contributed by atoms with Gasteiger partial charge in [-0.3, -0.25) is 0 Å². The van der Waals surface area contributed by atoms with Crippen molar-refractivity contribution in [1.82, 2.24) is 0 Å². The normalized spacial score (nSPS) is 23.8. The summed E-state index contributed by atoms with van der Waals surface area (Å²) in [6.45, 7) is 5.10. The van der Waals surface area contributed by atoms with E-state index in [0.717, 1.165) is 31.4 Å². The zero-order valence-electron chi connectivity index (χ0n) is 8.88. The van der Waals surface area contributed by atoms with Crippen molar-refractivity contribution in [3.8, 4) is 0 Å². The van der Waals surface area contributed by atoms with Crippen molar-refractivity contribution in [1.29, 1.82) is 0 Å². The summed E-state index contributed by atoms with van der Waals surface area (Å²) >= 11 is 5.47. The van der Waals surface area contributed by atoms with Crippen LogP contribution in [-0.2, 0) is 9.47 Å². The molecule has 0 aromatic heterocycles. The molecule has 1 aliphatic rings. The first-order valence-corrected chi connectivity index (χ1v) is 5.69. The zero-order valence-corrected chi connectivity index (χ0v) is 9.63. The van der Waals surface area contributed by atoms with Crippen molar-refractivity contribution in [2.24, 2.45) is 0 Å². The highest BCUT2D eigenvalue weighted by Crippen LogP contribution is 2.10. The molecule has 0 aromatic rings. The smallest absolute Gasteiger partial charge is 0.121 e. The van der Waals surface area contributed by atoms with Crippen LogP contribution in [0.5, 0.6) is 0 Å². The highest BCUT2D eigenvalue weighted by molar-refractivity contribution is 6.17. The molecule has 15 heavy (non-hydrogen) atoms. The van der Waals surface area contributed by atoms with Crippen LogP contribution in [0.3, 0.4) is 0 Å². The average molecular weight is 229 g/mol. The standard InChI is InChI=1S/C12H17ClO2/c1-11-6-7-12(9-14-10-13)5-3-2-4-8-15-11/h5-7H,1-4,8-10H2/b7-6-,12-5+. The van der Waals surface area contributed by atoms with Crippen LogP contribution < -0.4 is 0 Å². The van der Waals surface area contributed by atoms with E-state index < -0.39 is 0 Å². The fourth-order valence-electron chi connectivity index (χ4n) is 1.32. The number of rotatable bonds is 3. The van der Waals surface area contributed by atoms with Gasteiger partial charge in [-0.1, -0.05) is 30.3 Å². The molecule has 1 aliphatic heterocycles. The molecule has 0 N–H and O–H groups in total. The number of hydrogen-bond donors (Lipinski definition) is 0. The van der Waals surface area contributed by atoms with Crippen molar-refractivity contribution in [3.63, 3.8) is 0 Å². The summed E-state index contributed by atoms with van der Waals surface area (Å²) in [4.78, 5) is 0. The van der Waals surface area contributed by atoms with Crippen LogP contribution in [-0.4, -0.2) is 19.3 Å². The van der Waals surface area contributed by atoms with Crippen LogP contribution in [0.1, 0.15) is 19.3 Å². The lowest BCUT2D eigenvalue weighted by molar-refractivity contribution is 0.205. The minimum atomic E-state index is 0.225. The third-order valence-corrected chi connectivity index (χ3v) is 2.28. The van der Waals surface area contributed by atoms with Gasteiger partial charge in [0.1, 0.15) is 11.8 Å². The summed E-state index contributed by atoms with van der Waals surface area (Å²) in [5.41, 5.74) is 1.13. The first-order chi connectivity index (χ1) is 7.33. The van der Waals surface area contributed by atoms with Crippen molar-refractivity contribution in [2.75, 3.05) is 19.3 Å². The fourth-order valence-corrected chi connectivity index (χ4v) is 1.39. The molecule has 0 atom stereocenters. The number of ether oxygens (including phenoxy) is 2. The topological polar surface area (TPSA) is 18.5 Å². The third-order valence-electron chi connectivity index (χ3n) is 2.12. The summed E-state index contributed by atoms with van der Waals surface area (Å²) in [6, 6.07) is 0.225. The van der Waals surface area contributed by atoms with Crippen molar-refractivity contribution in [2.45, 2.75) is 19.3 Å². The van der Waals surface area contributed by atoms with E-state index in [9.17, 15) is 0 Å². The van der Waals surface area contributed by atoms with Gasteiger partial charge in [0, 0.05) is 0 Å². The van der Waals surface area contributed by atoms with E-state index in [1.807, 2.05) is 12.2 Å². The molecule has 0 bridgehead atoms. The van der Waals surface area contributed by atoms with Crippen LogP contribution in [0.2, 0.25) is 0 Å². The lowest BCUT2D eigenvalue weighted by Crippen LogP contribution is -1.98. The molecule has 0 aromatic carbocycles. The Morgan fingerprint density at radius 3 is 3.07 bits per heavy atom. The van der Waals surface area contributed by atoms with Crippen LogP contribution in [0, 0.1) is 0 Å². The number of allylic oxidation sites excluding steroid dienone is 2. The number of alkyl halides is 1. The molecule has 0 unspecified atom stereocenters. The lowest BCUT2D eigenvalue weighted by Gasteiger charge is -2.08. The Morgan fingerprint density at radius 2 is 2.27 bits per heavy atom. The summed E-state index contributed by atoms with van der Waals surface area (Å²) in [5.74, 6) is 0.702. The summed E-state index contributed by atoms with van der Waals surface area (Å²) < 4.78 is 10.5. The van der Waals surface area contributed by atoms with Gasteiger partial charge in [-0.25, -0.2) is 0 Å². The largest absolute Gasteiger partial charge is 0.494 e. The predicted molar refractivity (Wildman–Crippen MR) is 62.8 cm³/mol. The molecule has 1 heterocycles. The van der Waals surface area contributed by atoms with Crippen LogP contribution in [0.25, 0.3) is 0 Å². The van der Waals surface area contributed by atoms with Gasteiger partial charge < -0.3 is 9.47 Å². The quantitative estimate of drug-likeness (QED) is 0.690. The van der Waals surface area contributed by atoms with E-state index in [0.29, 0.717) is 12.4 Å². The molecule has 0 fully saturated rings. The molecule has 84 valence electrons. The van der Waals surface area contributed by atoms with Gasteiger partial charge in [0.2, 0.25) is 0 Å². The third kappa shape index (κ3) is 5.65. The Kier molecular flexibility index (Phi) is 6.21. The SMILES string of the molecule is C=C1/C=C\C(COCCl)=C/CCCCO1. The zero-order chi connectivity index (χ0) is 10.9. The summed E-state index contributed by atoms with van der Waals surface area (Å²) in [6.07, 6.45) is 9.27. The Morgan fingerprint density at radius 1 is 1.40 bits per heavy atom. The molecule has 2 nitrogen and oxygen atoms in total. The lowest BCUT2D eigenvalue weighted by atomic mass is 10.1. The van der Waals surface area contributed by atoms with E-state index in [4.69, 9.17) is 21.1 Å². The summed E-state index contributed by atoms with van der Waals surface area (Å²) in [5, 5.41) is 0. The Labute approximate surface area is 96.2 Å². The molecule has 0 amide bonds. The number of halogens is 1. The maximum atomic E-state index is 5.47. The maximum absolute atomic E-state index is 5.47. The molecule has 0 saturated heterocycles. The van der Waals surface area contributed by atoms with E-state index >= 15 is 0 Å². The molecule has 0 aliphatic carbocycles. The van der Waals surface area contributed by atoms with Crippen LogP contribution in [0.4, 0.5) is 0 Å². The Balaban J connectivity index is 2.55. The van der Waals surface area contributed by atoms with Gasteiger partial charge in [-0.05, 0) is 30.9 Å². The van der Waals surface area contributed by atoms with E-state index in [2.05, 4.69) is 12.7 Å². The van der Waals surface area contributed by atoms with Gasteiger partial charge in [-0.2, -0.15) is 0 Å². The van der Waals surface area contributed by atoms with Gasteiger partial charge in [0.15, 0.2) is 0 Å². The molecular weight excluding hydrogens is 212 g/mol. The van der Waals surface area contributed by atoms with Gasteiger partial charge in [0.25, 0.3) is 0 Å². The monoisotopic (exact) mass is 228 g/mol. The minimum Gasteiger partial charge on any atom is -0.494 e. The Hall–Kier alpha value is -0.730. The highest BCUT2D eigenvalue weighted by atomic mass is 35.5. The highest BCUT2D eigenvalue weighted by Gasteiger charge is 1.97. The second-order valence-corrected chi connectivity index (χ2v) is 3.60. The predicted octanol–water partition coefficient (Wildman–Crippen LogP) is 3.40. The maximum Gasteiger partial charge on any atom is 0.121 e. The summed E-state index contributed by atoms with van der Waals surface area (Å²) in [7, 11) is 0.